The molecule has 0 aromatic carbocycles. The lowest BCUT2D eigenvalue weighted by Crippen LogP contribution is -2.10. The van der Waals surface area contributed by atoms with E-state index in [1.54, 1.807) is 0 Å². The number of rotatable bonds is 3. The summed E-state index contributed by atoms with van der Waals surface area (Å²) in [6, 6.07) is 0. The minimum atomic E-state index is 0.763. The van der Waals surface area contributed by atoms with Crippen LogP contribution in [0.2, 0.25) is 0 Å². The summed E-state index contributed by atoms with van der Waals surface area (Å²) in [5.41, 5.74) is 0. The van der Waals surface area contributed by atoms with Crippen LogP contribution in [0.15, 0.2) is 12.2 Å². The van der Waals surface area contributed by atoms with Crippen LogP contribution in [-0.4, -0.2) is 5.88 Å². The molecule has 12 heavy (non-hydrogen) atoms. The zero-order chi connectivity index (χ0) is 8.81. The van der Waals surface area contributed by atoms with E-state index in [0.717, 1.165) is 24.1 Å². The summed E-state index contributed by atoms with van der Waals surface area (Å²) in [6.45, 7) is 2.36. The number of alkyl halides is 1. The van der Waals surface area contributed by atoms with Gasteiger partial charge in [0.05, 0.1) is 0 Å². The first-order valence-corrected chi connectivity index (χ1v) is 5.59. The number of halogens is 1. The molecular formula is C11H19Cl. The van der Waals surface area contributed by atoms with Crippen LogP contribution in [0, 0.1) is 11.8 Å². The summed E-state index contributed by atoms with van der Waals surface area (Å²) in [4.78, 5) is 0. The zero-order valence-electron chi connectivity index (χ0n) is 7.93. The van der Waals surface area contributed by atoms with Crippen molar-refractivity contribution < 1.29 is 0 Å². The normalized spacial score (nSPS) is 31.2. The molecule has 0 saturated heterocycles. The van der Waals surface area contributed by atoms with Crippen LogP contribution < -0.4 is 0 Å². The molecule has 0 heterocycles. The number of hydrogen-bond donors (Lipinski definition) is 0. The molecule has 1 heteroatoms. The Bertz CT molecular complexity index is 140. The first-order valence-electron chi connectivity index (χ1n) is 5.05. The van der Waals surface area contributed by atoms with Crippen molar-refractivity contribution in [2.24, 2.45) is 11.8 Å². The van der Waals surface area contributed by atoms with Gasteiger partial charge in [0.1, 0.15) is 0 Å². The topological polar surface area (TPSA) is 0 Å². The molecule has 70 valence electrons. The maximum Gasteiger partial charge on any atom is 0.0258 e. The maximum absolute atomic E-state index is 5.60. The van der Waals surface area contributed by atoms with Crippen molar-refractivity contribution in [3.63, 3.8) is 0 Å². The highest BCUT2D eigenvalue weighted by Crippen LogP contribution is 2.29. The molecular weight excluding hydrogens is 168 g/mol. The molecule has 1 aliphatic rings. The van der Waals surface area contributed by atoms with Crippen LogP contribution in [0.1, 0.15) is 39.0 Å². The molecule has 0 bridgehead atoms. The zero-order valence-corrected chi connectivity index (χ0v) is 8.69. The minimum Gasteiger partial charge on any atom is -0.126 e. The summed E-state index contributed by atoms with van der Waals surface area (Å²) in [5, 5.41) is 0. The van der Waals surface area contributed by atoms with Crippen molar-refractivity contribution in [1.29, 1.82) is 0 Å². The Morgan fingerprint density at radius 1 is 1.42 bits per heavy atom. The fraction of sp³-hybridized carbons (Fsp3) is 0.818. The van der Waals surface area contributed by atoms with Crippen molar-refractivity contribution in [1.82, 2.24) is 0 Å². The highest BCUT2D eigenvalue weighted by atomic mass is 35.5. The molecule has 2 unspecified atom stereocenters. The monoisotopic (exact) mass is 186 g/mol. The molecule has 1 rings (SSSR count). The average Bonchev–Trinajstić information content (AvgIpc) is 2.05. The van der Waals surface area contributed by atoms with E-state index in [9.17, 15) is 0 Å². The Morgan fingerprint density at radius 3 is 2.92 bits per heavy atom. The lowest BCUT2D eigenvalue weighted by atomic mass is 9.82. The van der Waals surface area contributed by atoms with Crippen molar-refractivity contribution in [3.05, 3.63) is 12.2 Å². The fourth-order valence-electron chi connectivity index (χ4n) is 2.01. The van der Waals surface area contributed by atoms with Gasteiger partial charge in [-0.25, -0.2) is 0 Å². The van der Waals surface area contributed by atoms with Crippen molar-refractivity contribution in [3.8, 4) is 0 Å². The van der Waals surface area contributed by atoms with Crippen LogP contribution in [0.4, 0.5) is 0 Å². The van der Waals surface area contributed by atoms with E-state index in [-0.39, 0.29) is 0 Å². The third-order valence-electron chi connectivity index (χ3n) is 2.66. The van der Waals surface area contributed by atoms with Crippen LogP contribution in [-0.2, 0) is 0 Å². The van der Waals surface area contributed by atoms with Gasteiger partial charge in [-0.3, -0.25) is 0 Å². The van der Waals surface area contributed by atoms with Gasteiger partial charge in [-0.15, -0.1) is 11.6 Å². The maximum atomic E-state index is 5.60. The predicted molar refractivity (Wildman–Crippen MR) is 55.6 cm³/mol. The molecule has 0 nitrogen and oxygen atoms in total. The second-order valence-electron chi connectivity index (χ2n) is 3.94. The minimum absolute atomic E-state index is 0.763. The van der Waals surface area contributed by atoms with Crippen molar-refractivity contribution >= 4 is 11.6 Å². The lowest BCUT2D eigenvalue weighted by molar-refractivity contribution is 0.325. The van der Waals surface area contributed by atoms with Crippen LogP contribution >= 0.6 is 11.6 Å². The second kappa shape index (κ2) is 5.64. The standard InChI is InChI=1S/C11H19Cl/c1-10-5-4-7-11(9-10)6-2-3-8-12/h2,6,10-11H,3-5,7-9H2,1H3. The molecule has 0 aliphatic heterocycles. The van der Waals surface area contributed by atoms with Gasteiger partial charge in [-0.1, -0.05) is 31.9 Å². The molecule has 2 atom stereocenters. The highest BCUT2D eigenvalue weighted by Gasteiger charge is 2.15. The number of allylic oxidation sites excluding steroid dienone is 2. The van der Waals surface area contributed by atoms with E-state index >= 15 is 0 Å². The predicted octanol–water partition coefficient (Wildman–Crippen LogP) is 4.00. The van der Waals surface area contributed by atoms with Crippen LogP contribution in [0.3, 0.4) is 0 Å². The van der Waals surface area contributed by atoms with Gasteiger partial charge in [0.25, 0.3) is 0 Å². The molecule has 0 amide bonds. The second-order valence-corrected chi connectivity index (χ2v) is 4.32. The van der Waals surface area contributed by atoms with Gasteiger partial charge in [-0.2, -0.15) is 0 Å². The summed E-state index contributed by atoms with van der Waals surface area (Å²) in [6.07, 6.45) is 11.3. The fourth-order valence-corrected chi connectivity index (χ4v) is 2.13. The third kappa shape index (κ3) is 3.62. The van der Waals surface area contributed by atoms with E-state index in [1.807, 2.05) is 0 Å². The molecule has 0 aromatic rings. The molecule has 0 aromatic heterocycles. The Balaban J connectivity index is 2.22. The summed E-state index contributed by atoms with van der Waals surface area (Å²) >= 11 is 5.60. The van der Waals surface area contributed by atoms with E-state index < -0.39 is 0 Å². The van der Waals surface area contributed by atoms with Gasteiger partial charge in [0, 0.05) is 5.88 Å². The van der Waals surface area contributed by atoms with Crippen LogP contribution in [0.25, 0.3) is 0 Å². The van der Waals surface area contributed by atoms with Crippen LogP contribution in [0.5, 0.6) is 0 Å². The van der Waals surface area contributed by atoms with Gasteiger partial charge in [-0.05, 0) is 31.1 Å². The molecule has 1 aliphatic carbocycles. The van der Waals surface area contributed by atoms with Crippen molar-refractivity contribution in [2.45, 2.75) is 39.0 Å². The quantitative estimate of drug-likeness (QED) is 0.462. The summed E-state index contributed by atoms with van der Waals surface area (Å²) in [7, 11) is 0. The van der Waals surface area contributed by atoms with Crippen molar-refractivity contribution in [2.75, 3.05) is 5.88 Å². The lowest BCUT2D eigenvalue weighted by Gasteiger charge is -2.24. The van der Waals surface area contributed by atoms with Gasteiger partial charge < -0.3 is 0 Å². The first-order chi connectivity index (χ1) is 5.83. The largest absolute Gasteiger partial charge is 0.126 e. The van der Waals surface area contributed by atoms with Gasteiger partial charge in [0.15, 0.2) is 0 Å². The van der Waals surface area contributed by atoms with Gasteiger partial charge in [0.2, 0.25) is 0 Å². The van der Waals surface area contributed by atoms with E-state index in [0.29, 0.717) is 0 Å². The Morgan fingerprint density at radius 2 is 2.25 bits per heavy atom. The van der Waals surface area contributed by atoms with E-state index in [1.165, 1.54) is 25.7 Å². The molecule has 0 spiro atoms. The Labute approximate surface area is 81.0 Å². The molecule has 0 radical (unpaired) electrons. The SMILES string of the molecule is CC1CCCC(C=CCCCl)C1. The Kier molecular flexibility index (Phi) is 4.75. The first kappa shape index (κ1) is 10.1. The van der Waals surface area contributed by atoms with E-state index in [4.69, 9.17) is 11.6 Å². The highest BCUT2D eigenvalue weighted by molar-refractivity contribution is 6.17. The Hall–Kier alpha value is 0.0300. The average molecular weight is 187 g/mol. The third-order valence-corrected chi connectivity index (χ3v) is 2.88. The summed E-state index contributed by atoms with van der Waals surface area (Å²) < 4.78 is 0. The number of hydrogen-bond acceptors (Lipinski definition) is 0. The van der Waals surface area contributed by atoms with Gasteiger partial charge >= 0.3 is 0 Å². The molecule has 1 fully saturated rings. The smallest absolute Gasteiger partial charge is 0.0258 e. The molecule has 1 saturated carbocycles. The molecule has 0 N–H and O–H groups in total. The summed E-state index contributed by atoms with van der Waals surface area (Å²) in [5.74, 6) is 2.54. The van der Waals surface area contributed by atoms with E-state index in [2.05, 4.69) is 19.1 Å².